The van der Waals surface area contributed by atoms with E-state index in [9.17, 15) is 21.6 Å². The average Bonchev–Trinajstić information content (AvgIpc) is 3.01. The van der Waals surface area contributed by atoms with Gasteiger partial charge in [0.1, 0.15) is 0 Å². The van der Waals surface area contributed by atoms with E-state index in [4.69, 9.17) is 0 Å². The summed E-state index contributed by atoms with van der Waals surface area (Å²) in [4.78, 5) is 6.61. The maximum absolute atomic E-state index is 12.6. The summed E-state index contributed by atoms with van der Waals surface area (Å²) in [6, 6.07) is 0. The molecule has 1 N–H and O–H groups in total. The number of rotatable bonds is 3. The number of likely N-dealkylation sites (tertiary alicyclic amines) is 1. The monoisotopic (exact) mass is 396 g/mol. The molecule has 0 atom stereocenters. The Balaban J connectivity index is 1.46. The first kappa shape index (κ1) is 19.7. The highest BCUT2D eigenvalue weighted by molar-refractivity contribution is 7.90. The molecule has 2 heterocycles. The van der Waals surface area contributed by atoms with Gasteiger partial charge in [0.25, 0.3) is 0 Å². The molecule has 3 fully saturated rings. The molecule has 0 bridgehead atoms. The van der Waals surface area contributed by atoms with Gasteiger partial charge < -0.3 is 10.2 Å². The predicted molar refractivity (Wildman–Crippen MR) is 93.1 cm³/mol. The third-order valence-corrected chi connectivity index (χ3v) is 7.75. The lowest BCUT2D eigenvalue weighted by Gasteiger charge is -2.38. The minimum absolute atomic E-state index is 0.0837. The van der Waals surface area contributed by atoms with Crippen molar-refractivity contribution in [3.63, 3.8) is 0 Å². The largest absolute Gasteiger partial charge is 0.511 e. The Morgan fingerprint density at radius 2 is 1.85 bits per heavy atom. The number of sulfonamides is 1. The molecule has 3 aliphatic rings. The van der Waals surface area contributed by atoms with Crippen molar-refractivity contribution in [2.24, 2.45) is 16.3 Å². The van der Waals surface area contributed by atoms with Gasteiger partial charge in [-0.05, 0) is 43.4 Å². The molecular weight excluding hydrogens is 369 g/mol. The fraction of sp³-hybridized carbons (Fsp3) is 0.938. The molecule has 2 aliphatic heterocycles. The number of nitrogens with one attached hydrogen (secondary N) is 1. The molecular formula is C16H27F3N4O2S. The maximum atomic E-state index is 12.6. The van der Waals surface area contributed by atoms with Crippen molar-refractivity contribution >= 4 is 16.0 Å². The fourth-order valence-corrected chi connectivity index (χ4v) is 5.25. The molecule has 26 heavy (non-hydrogen) atoms. The molecule has 10 heteroatoms. The molecule has 0 aromatic carbocycles. The van der Waals surface area contributed by atoms with Crippen LogP contribution in [0, 0.1) is 11.3 Å². The SMILES string of the molecule is CN=C(NCC1CCN(S(=O)(=O)C(F)(F)F)CC1)N1CCC2(CCC2)C1. The van der Waals surface area contributed by atoms with E-state index in [2.05, 4.69) is 15.2 Å². The topological polar surface area (TPSA) is 65.0 Å². The molecule has 150 valence electrons. The minimum Gasteiger partial charge on any atom is -0.356 e. The zero-order valence-corrected chi connectivity index (χ0v) is 15.9. The molecule has 0 unspecified atom stereocenters. The van der Waals surface area contributed by atoms with Gasteiger partial charge in [-0.25, -0.2) is 8.42 Å². The molecule has 1 aliphatic carbocycles. The first-order valence-electron chi connectivity index (χ1n) is 9.19. The molecule has 0 aromatic rings. The van der Waals surface area contributed by atoms with Gasteiger partial charge in [-0.15, -0.1) is 0 Å². The van der Waals surface area contributed by atoms with E-state index in [-0.39, 0.29) is 19.0 Å². The Labute approximate surface area is 152 Å². The van der Waals surface area contributed by atoms with Gasteiger partial charge in [-0.2, -0.15) is 17.5 Å². The highest BCUT2D eigenvalue weighted by atomic mass is 32.2. The zero-order chi connectivity index (χ0) is 19.0. The smallest absolute Gasteiger partial charge is 0.356 e. The van der Waals surface area contributed by atoms with Crippen LogP contribution in [0.4, 0.5) is 13.2 Å². The van der Waals surface area contributed by atoms with Crippen LogP contribution in [0.15, 0.2) is 4.99 Å². The van der Waals surface area contributed by atoms with E-state index in [1.165, 1.54) is 25.7 Å². The molecule has 0 aromatic heterocycles. The van der Waals surface area contributed by atoms with Crippen LogP contribution < -0.4 is 5.32 Å². The van der Waals surface area contributed by atoms with Crippen molar-refractivity contribution in [2.45, 2.75) is 44.0 Å². The molecule has 0 radical (unpaired) electrons. The van der Waals surface area contributed by atoms with Crippen molar-refractivity contribution in [2.75, 3.05) is 39.8 Å². The fourth-order valence-electron chi connectivity index (χ4n) is 4.27. The Morgan fingerprint density at radius 1 is 1.19 bits per heavy atom. The highest BCUT2D eigenvalue weighted by Crippen LogP contribution is 2.47. The van der Waals surface area contributed by atoms with E-state index in [1.807, 2.05) is 0 Å². The second-order valence-electron chi connectivity index (χ2n) is 7.75. The Morgan fingerprint density at radius 3 is 2.31 bits per heavy atom. The quantitative estimate of drug-likeness (QED) is 0.585. The number of nitrogens with zero attached hydrogens (tertiary/aromatic N) is 3. The lowest BCUT2D eigenvalue weighted by atomic mass is 9.68. The number of aliphatic imine (C=N–C) groups is 1. The van der Waals surface area contributed by atoms with Crippen LogP contribution in [0.3, 0.4) is 0 Å². The third kappa shape index (κ3) is 3.81. The van der Waals surface area contributed by atoms with Gasteiger partial charge >= 0.3 is 15.5 Å². The van der Waals surface area contributed by atoms with Gasteiger partial charge in [-0.1, -0.05) is 6.42 Å². The summed E-state index contributed by atoms with van der Waals surface area (Å²) in [6.07, 6.45) is 5.91. The summed E-state index contributed by atoms with van der Waals surface area (Å²) in [5, 5.41) is 3.34. The van der Waals surface area contributed by atoms with Crippen molar-refractivity contribution in [1.82, 2.24) is 14.5 Å². The maximum Gasteiger partial charge on any atom is 0.511 e. The number of alkyl halides is 3. The first-order valence-corrected chi connectivity index (χ1v) is 10.6. The summed E-state index contributed by atoms with van der Waals surface area (Å²) in [5.74, 6) is 0.991. The second-order valence-corrected chi connectivity index (χ2v) is 9.68. The normalized spacial score (nSPS) is 25.5. The molecule has 6 nitrogen and oxygen atoms in total. The van der Waals surface area contributed by atoms with E-state index in [1.54, 1.807) is 7.05 Å². The summed E-state index contributed by atoms with van der Waals surface area (Å²) in [6.45, 7) is 2.45. The second kappa shape index (κ2) is 7.18. The van der Waals surface area contributed by atoms with Crippen LogP contribution in [-0.4, -0.2) is 68.9 Å². The van der Waals surface area contributed by atoms with Crippen LogP contribution in [0.25, 0.3) is 0 Å². The number of piperidine rings is 1. The summed E-state index contributed by atoms with van der Waals surface area (Å²) in [7, 11) is -3.46. The van der Waals surface area contributed by atoms with E-state index < -0.39 is 15.5 Å². The van der Waals surface area contributed by atoms with E-state index in [0.717, 1.165) is 19.0 Å². The van der Waals surface area contributed by atoms with Crippen LogP contribution >= 0.6 is 0 Å². The van der Waals surface area contributed by atoms with Gasteiger partial charge in [0.05, 0.1) is 0 Å². The van der Waals surface area contributed by atoms with Crippen LogP contribution in [0.2, 0.25) is 0 Å². The molecule has 2 saturated heterocycles. The van der Waals surface area contributed by atoms with Gasteiger partial charge in [0, 0.05) is 39.8 Å². The standard InChI is InChI=1S/C16H27F3N4O2S/c1-20-14(22-10-7-15(12-22)5-2-6-15)21-11-13-3-8-23(9-4-13)26(24,25)16(17,18)19/h13H,2-12H2,1H3,(H,20,21). The number of guanidine groups is 1. The number of hydrogen-bond donors (Lipinski definition) is 1. The van der Waals surface area contributed by atoms with Crippen LogP contribution in [-0.2, 0) is 10.0 Å². The minimum atomic E-state index is -5.21. The molecule has 0 amide bonds. The Kier molecular flexibility index (Phi) is 5.45. The third-order valence-electron chi connectivity index (χ3n) is 6.12. The lowest BCUT2D eigenvalue weighted by molar-refractivity contribution is -0.0496. The average molecular weight is 396 g/mol. The van der Waals surface area contributed by atoms with E-state index >= 15 is 0 Å². The van der Waals surface area contributed by atoms with Gasteiger partial charge in [0.15, 0.2) is 5.96 Å². The van der Waals surface area contributed by atoms with Crippen molar-refractivity contribution in [3.8, 4) is 0 Å². The first-order chi connectivity index (χ1) is 12.2. The van der Waals surface area contributed by atoms with Crippen LogP contribution in [0.5, 0.6) is 0 Å². The number of hydrogen-bond acceptors (Lipinski definition) is 3. The zero-order valence-electron chi connectivity index (χ0n) is 15.1. The Bertz CT molecular complexity index is 638. The molecule has 1 saturated carbocycles. The summed E-state index contributed by atoms with van der Waals surface area (Å²) >= 11 is 0. The van der Waals surface area contributed by atoms with Gasteiger partial charge in [-0.3, -0.25) is 4.99 Å². The highest BCUT2D eigenvalue weighted by Gasteiger charge is 2.50. The van der Waals surface area contributed by atoms with Crippen molar-refractivity contribution in [3.05, 3.63) is 0 Å². The molecule has 3 rings (SSSR count). The summed E-state index contributed by atoms with van der Waals surface area (Å²) < 4.78 is 61.3. The Hall–Kier alpha value is -1.03. The van der Waals surface area contributed by atoms with Crippen molar-refractivity contribution in [1.29, 1.82) is 0 Å². The lowest BCUT2D eigenvalue weighted by Crippen LogP contribution is -2.48. The predicted octanol–water partition coefficient (Wildman–Crippen LogP) is 2.00. The summed E-state index contributed by atoms with van der Waals surface area (Å²) in [5.41, 5.74) is -4.75. The van der Waals surface area contributed by atoms with Crippen LogP contribution in [0.1, 0.15) is 38.5 Å². The number of halogens is 3. The van der Waals surface area contributed by atoms with Gasteiger partial charge in [0.2, 0.25) is 0 Å². The molecule has 1 spiro atoms. The van der Waals surface area contributed by atoms with Crippen molar-refractivity contribution < 1.29 is 21.6 Å². The van der Waals surface area contributed by atoms with E-state index in [0.29, 0.717) is 29.1 Å².